The van der Waals surface area contributed by atoms with E-state index in [-0.39, 0.29) is 0 Å². The fourth-order valence-corrected chi connectivity index (χ4v) is 10.5. The van der Waals surface area contributed by atoms with Crippen LogP contribution < -0.4 is 11.5 Å². The molecule has 9 aromatic rings. The first-order valence-electron chi connectivity index (χ1n) is 23.3. The van der Waals surface area contributed by atoms with Crippen molar-refractivity contribution in [1.82, 2.24) is 9.13 Å². The monoisotopic (exact) mass is 868 g/mol. The number of aryl methyl sites for hydroxylation is 2. The van der Waals surface area contributed by atoms with Crippen molar-refractivity contribution in [2.45, 2.75) is 47.5 Å². The highest BCUT2D eigenvalue weighted by Gasteiger charge is 2.25. The van der Waals surface area contributed by atoms with Crippen LogP contribution in [0.25, 0.3) is 99.5 Å². The number of aromatic nitrogens is 2. The molecule has 1 aliphatic rings. The number of fused-ring (bicyclic) bond motifs is 9. The fourth-order valence-electron chi connectivity index (χ4n) is 10.5. The highest BCUT2D eigenvalue weighted by molar-refractivity contribution is 6.16. The normalized spacial score (nSPS) is 14.0. The second kappa shape index (κ2) is 17.7. The average molecular weight is 869 g/mol. The first-order chi connectivity index (χ1) is 32.8. The maximum absolute atomic E-state index is 6.58. The van der Waals surface area contributed by atoms with Gasteiger partial charge in [0.15, 0.2) is 0 Å². The molecule has 0 bridgehead atoms. The number of hydrogen-bond acceptors (Lipinski definition) is 2. The molecule has 0 saturated heterocycles. The molecule has 2 aromatic heterocycles. The molecule has 4 nitrogen and oxygen atoms in total. The lowest BCUT2D eigenvalue weighted by atomic mass is 9.83. The van der Waals surface area contributed by atoms with Crippen molar-refractivity contribution in [2.24, 2.45) is 11.5 Å². The van der Waals surface area contributed by atoms with Crippen molar-refractivity contribution in [3.05, 3.63) is 228 Å². The smallest absolute Gasteiger partial charge is 0.0642 e. The summed E-state index contributed by atoms with van der Waals surface area (Å²) >= 11 is 0. The molecule has 67 heavy (non-hydrogen) atoms. The molecule has 0 unspecified atom stereocenters. The first-order valence-corrected chi connectivity index (χ1v) is 23.3. The molecule has 0 amide bonds. The number of nitrogens with two attached hydrogens (primary N) is 2. The molecule has 0 spiro atoms. The van der Waals surface area contributed by atoms with E-state index in [2.05, 4.69) is 214 Å². The Morgan fingerprint density at radius 1 is 0.522 bits per heavy atom. The summed E-state index contributed by atoms with van der Waals surface area (Å²) in [4.78, 5) is 0. The van der Waals surface area contributed by atoms with Crippen molar-refractivity contribution in [1.29, 1.82) is 0 Å². The Kier molecular flexibility index (Phi) is 11.3. The average Bonchev–Trinajstić information content (AvgIpc) is 3.86. The largest absolute Gasteiger partial charge is 0.405 e. The highest BCUT2D eigenvalue weighted by atomic mass is 15.0. The molecular formula is C63H56N4. The molecule has 2 heterocycles. The molecule has 1 aliphatic carbocycles. The lowest BCUT2D eigenvalue weighted by Gasteiger charge is -2.22. The second-order valence-corrected chi connectivity index (χ2v) is 17.6. The lowest BCUT2D eigenvalue weighted by Crippen LogP contribution is -2.06. The van der Waals surface area contributed by atoms with Gasteiger partial charge in [-0.3, -0.25) is 0 Å². The van der Waals surface area contributed by atoms with E-state index < -0.39 is 0 Å². The van der Waals surface area contributed by atoms with E-state index in [4.69, 9.17) is 11.5 Å². The van der Waals surface area contributed by atoms with Gasteiger partial charge in [0.25, 0.3) is 0 Å². The van der Waals surface area contributed by atoms with Gasteiger partial charge < -0.3 is 20.6 Å². The lowest BCUT2D eigenvalue weighted by molar-refractivity contribution is 0.946. The van der Waals surface area contributed by atoms with Crippen molar-refractivity contribution in [3.8, 4) is 33.4 Å². The zero-order valence-electron chi connectivity index (χ0n) is 39.1. The number of hydrogen-bond donors (Lipinski definition) is 2. The summed E-state index contributed by atoms with van der Waals surface area (Å²) in [7, 11) is 0. The van der Waals surface area contributed by atoms with E-state index in [1.807, 2.05) is 12.2 Å². The van der Waals surface area contributed by atoms with E-state index in [1.54, 1.807) is 12.4 Å². The summed E-state index contributed by atoms with van der Waals surface area (Å²) in [6.07, 6.45) is 15.6. The summed E-state index contributed by atoms with van der Waals surface area (Å²) in [5.74, 6) is 0. The topological polar surface area (TPSA) is 61.9 Å². The van der Waals surface area contributed by atoms with Gasteiger partial charge in [-0.25, -0.2) is 0 Å². The predicted molar refractivity (Wildman–Crippen MR) is 290 cm³/mol. The van der Waals surface area contributed by atoms with E-state index >= 15 is 0 Å². The van der Waals surface area contributed by atoms with Gasteiger partial charge in [0.2, 0.25) is 0 Å². The third kappa shape index (κ3) is 7.26. The van der Waals surface area contributed by atoms with Gasteiger partial charge in [0, 0.05) is 33.4 Å². The predicted octanol–water partition coefficient (Wildman–Crippen LogP) is 16.1. The van der Waals surface area contributed by atoms with Crippen molar-refractivity contribution in [2.75, 3.05) is 0 Å². The van der Waals surface area contributed by atoms with Crippen LogP contribution >= 0.6 is 0 Å². The molecule has 328 valence electrons. The standard InChI is InChI=1S/C63H56N4/c1-7-18-50(49(9-3)43-19-12-10-13-20-43)45-27-29-59-55(33-45)57-35-47-25-26-48-36-58-56-34-46(52-24-17-16-23-51(52)44-21-14-11-15-22-44)28-30-60(56)67(63(39-65)40(4)8-2)62(58)38-54(48)53(47)37-61(57)66(59)42(6)41(5)31-32-64/h7-24,27-39H,1,25-26,64-65H2,2-6H3/b32-31-,40-8-,42-41+,49-9-,50-18-,63-39+. The van der Waals surface area contributed by atoms with E-state index in [0.717, 1.165) is 63.1 Å². The minimum absolute atomic E-state index is 0.942. The Morgan fingerprint density at radius 3 is 1.70 bits per heavy atom. The maximum Gasteiger partial charge on any atom is 0.0642 e. The Balaban J connectivity index is 1.21. The first kappa shape index (κ1) is 42.8. The Hall–Kier alpha value is -8.08. The van der Waals surface area contributed by atoms with Crippen molar-refractivity contribution in [3.63, 3.8) is 0 Å². The third-order valence-electron chi connectivity index (χ3n) is 14.0. The second-order valence-electron chi connectivity index (χ2n) is 17.6. The van der Waals surface area contributed by atoms with E-state index in [9.17, 15) is 0 Å². The van der Waals surface area contributed by atoms with Gasteiger partial charge in [-0.1, -0.05) is 128 Å². The quantitative estimate of drug-likeness (QED) is 0.135. The number of allylic oxidation sites excluding steroid dienone is 11. The molecule has 0 saturated carbocycles. The summed E-state index contributed by atoms with van der Waals surface area (Å²) in [5.41, 5.74) is 36.2. The summed E-state index contributed by atoms with van der Waals surface area (Å²) in [6.45, 7) is 14.8. The molecule has 4 N–H and O–H groups in total. The molecule has 0 aliphatic heterocycles. The van der Waals surface area contributed by atoms with Gasteiger partial charge >= 0.3 is 0 Å². The van der Waals surface area contributed by atoms with Crippen LogP contribution in [0.4, 0.5) is 0 Å². The van der Waals surface area contributed by atoms with Crippen LogP contribution in [0.2, 0.25) is 0 Å². The molecule has 0 radical (unpaired) electrons. The van der Waals surface area contributed by atoms with Gasteiger partial charge in [-0.2, -0.15) is 0 Å². The fraction of sp³-hybridized carbons (Fsp3) is 0.111. The SMILES string of the molecule is C=C/C=C(\C(=C/C)c1ccccc1)c1ccc2c(c1)c1cc3c(cc1n2/C(C)=C(C)/C=C\N)-c1cc2c(cc1CC3)c1cc(-c3ccccc3-c3ccccc3)ccc1n2C(=C/N)/C(C)=C\C. The van der Waals surface area contributed by atoms with Crippen LogP contribution in [0, 0.1) is 0 Å². The number of nitrogens with zero attached hydrogens (tertiary/aromatic N) is 2. The van der Waals surface area contributed by atoms with Crippen molar-refractivity contribution < 1.29 is 0 Å². The van der Waals surface area contributed by atoms with E-state index in [0.29, 0.717) is 0 Å². The Labute approximate surface area is 394 Å². The van der Waals surface area contributed by atoms with Gasteiger partial charge in [-0.05, 0) is 186 Å². The minimum Gasteiger partial charge on any atom is -0.405 e. The van der Waals surface area contributed by atoms with Gasteiger partial charge in [-0.15, -0.1) is 0 Å². The van der Waals surface area contributed by atoms with Crippen LogP contribution in [-0.4, -0.2) is 9.13 Å². The van der Waals surface area contributed by atoms with Crippen LogP contribution in [0.15, 0.2) is 206 Å². The number of benzene rings is 7. The van der Waals surface area contributed by atoms with Crippen LogP contribution in [0.3, 0.4) is 0 Å². The summed E-state index contributed by atoms with van der Waals surface area (Å²) in [6, 6.07) is 53.7. The molecule has 0 atom stereocenters. The zero-order chi connectivity index (χ0) is 46.3. The Morgan fingerprint density at radius 2 is 1.09 bits per heavy atom. The van der Waals surface area contributed by atoms with Crippen molar-refractivity contribution >= 4 is 66.2 Å². The van der Waals surface area contributed by atoms with Gasteiger partial charge in [0.05, 0.1) is 27.8 Å². The molecular weight excluding hydrogens is 813 g/mol. The zero-order valence-corrected chi connectivity index (χ0v) is 39.1. The van der Waals surface area contributed by atoms with Crippen LogP contribution in [0.5, 0.6) is 0 Å². The summed E-state index contributed by atoms with van der Waals surface area (Å²) in [5, 5.41) is 4.88. The Bertz CT molecular complexity index is 3630. The molecule has 0 fully saturated rings. The van der Waals surface area contributed by atoms with Gasteiger partial charge in [0.1, 0.15) is 0 Å². The van der Waals surface area contributed by atoms with Crippen LogP contribution in [0.1, 0.15) is 56.9 Å². The van der Waals surface area contributed by atoms with Crippen LogP contribution in [-0.2, 0) is 12.8 Å². The number of rotatable bonds is 10. The third-order valence-corrected chi connectivity index (χ3v) is 14.0. The molecule has 4 heteroatoms. The highest BCUT2D eigenvalue weighted by Crippen LogP contribution is 2.46. The molecule has 10 rings (SSSR count). The van der Waals surface area contributed by atoms with E-state index in [1.165, 1.54) is 82.7 Å². The summed E-state index contributed by atoms with van der Waals surface area (Å²) < 4.78 is 4.80. The minimum atomic E-state index is 0.942. The maximum atomic E-state index is 6.58. The molecule has 7 aromatic carbocycles.